The molecule has 1 unspecified atom stereocenters. The molecule has 1 aliphatic heterocycles. The lowest BCUT2D eigenvalue weighted by Crippen LogP contribution is -2.33. The zero-order valence-electron chi connectivity index (χ0n) is 16.7. The van der Waals surface area contributed by atoms with Gasteiger partial charge in [0.1, 0.15) is 0 Å². The molecule has 0 spiro atoms. The van der Waals surface area contributed by atoms with Crippen molar-refractivity contribution in [1.82, 2.24) is 9.88 Å². The van der Waals surface area contributed by atoms with Crippen LogP contribution in [0.2, 0.25) is 0 Å². The summed E-state index contributed by atoms with van der Waals surface area (Å²) in [7, 11) is 0. The monoisotopic (exact) mass is 401 g/mol. The summed E-state index contributed by atoms with van der Waals surface area (Å²) in [6.07, 6.45) is 3.39. The topological polar surface area (TPSA) is 91.6 Å². The quantitative estimate of drug-likeness (QED) is 0.637. The Kier molecular flexibility index (Phi) is 5.34. The molecule has 1 aromatic heterocycles. The summed E-state index contributed by atoms with van der Waals surface area (Å²) in [5.74, 6) is -0.229. The first-order chi connectivity index (χ1) is 14.5. The summed E-state index contributed by atoms with van der Waals surface area (Å²) < 4.78 is 0. The Balaban J connectivity index is 1.42. The highest BCUT2D eigenvalue weighted by Gasteiger charge is 2.35. The number of nitrogens with two attached hydrogens (primary N) is 1. The second-order valence-corrected chi connectivity index (χ2v) is 7.33. The van der Waals surface area contributed by atoms with E-state index in [1.165, 1.54) is 0 Å². The molecule has 0 aliphatic carbocycles. The van der Waals surface area contributed by atoms with Gasteiger partial charge in [-0.3, -0.25) is 14.7 Å². The lowest BCUT2D eigenvalue weighted by molar-refractivity contribution is 0.102. The lowest BCUT2D eigenvalue weighted by Gasteiger charge is -2.20. The molecule has 0 radical (unpaired) electrons. The van der Waals surface area contributed by atoms with Crippen molar-refractivity contribution in [2.24, 2.45) is 0 Å². The number of nitrogens with zero attached hydrogens (tertiary/aromatic N) is 3. The minimum absolute atomic E-state index is 0.0446. The van der Waals surface area contributed by atoms with Gasteiger partial charge in [0.25, 0.3) is 5.91 Å². The van der Waals surface area contributed by atoms with Crippen LogP contribution in [-0.4, -0.2) is 34.4 Å². The molecule has 0 saturated carbocycles. The van der Waals surface area contributed by atoms with Crippen LogP contribution in [0.3, 0.4) is 0 Å². The summed E-state index contributed by atoms with van der Waals surface area (Å²) in [6.45, 7) is 3.13. The highest BCUT2D eigenvalue weighted by Crippen LogP contribution is 2.25. The zero-order valence-corrected chi connectivity index (χ0v) is 16.7. The minimum atomic E-state index is -0.229. The molecule has 2 aromatic carbocycles. The van der Waals surface area contributed by atoms with E-state index in [1.807, 2.05) is 43.3 Å². The van der Waals surface area contributed by atoms with Crippen molar-refractivity contribution in [3.8, 4) is 0 Å². The average molecular weight is 401 g/mol. The van der Waals surface area contributed by atoms with Crippen molar-refractivity contribution >= 4 is 29.0 Å². The molecule has 152 valence electrons. The van der Waals surface area contributed by atoms with Crippen molar-refractivity contribution in [1.29, 1.82) is 0 Å². The molecule has 1 saturated heterocycles. The normalized spacial score (nSPS) is 16.0. The van der Waals surface area contributed by atoms with Crippen molar-refractivity contribution in [2.75, 3.05) is 22.5 Å². The molecule has 4 rings (SSSR count). The molecular weight excluding hydrogens is 378 g/mol. The van der Waals surface area contributed by atoms with Crippen LogP contribution < -0.4 is 16.0 Å². The van der Waals surface area contributed by atoms with Gasteiger partial charge in [0.05, 0.1) is 29.3 Å². The highest BCUT2D eigenvalue weighted by atomic mass is 16.2. The van der Waals surface area contributed by atoms with Crippen molar-refractivity contribution < 1.29 is 9.59 Å². The Morgan fingerprint density at radius 3 is 2.60 bits per heavy atom. The second-order valence-electron chi connectivity index (χ2n) is 7.33. The number of urea groups is 1. The van der Waals surface area contributed by atoms with Crippen LogP contribution in [0, 0.1) is 0 Å². The molecule has 1 aliphatic rings. The predicted molar refractivity (Wildman–Crippen MR) is 117 cm³/mol. The highest BCUT2D eigenvalue weighted by molar-refractivity contribution is 6.05. The number of para-hydroxylation sites is 2. The predicted octanol–water partition coefficient (Wildman–Crippen LogP) is 3.75. The van der Waals surface area contributed by atoms with Crippen LogP contribution in [0.4, 0.5) is 21.9 Å². The van der Waals surface area contributed by atoms with Gasteiger partial charge in [-0.25, -0.2) is 4.79 Å². The van der Waals surface area contributed by atoms with E-state index in [2.05, 4.69) is 10.3 Å². The summed E-state index contributed by atoms with van der Waals surface area (Å²) in [6, 6.07) is 18.1. The molecule has 0 bridgehead atoms. The number of pyridine rings is 1. The smallest absolute Gasteiger partial charge is 0.325 e. The van der Waals surface area contributed by atoms with Gasteiger partial charge in [-0.2, -0.15) is 0 Å². The largest absolute Gasteiger partial charge is 0.397 e. The average Bonchev–Trinajstić information content (AvgIpc) is 3.03. The molecular formula is C23H23N5O2. The zero-order chi connectivity index (χ0) is 21.1. The number of carbonyl (C=O) groups excluding carboxylic acids is 2. The number of rotatable bonds is 5. The Labute approximate surface area is 175 Å². The first kappa shape index (κ1) is 19.4. The molecule has 30 heavy (non-hydrogen) atoms. The number of hydrogen-bond acceptors (Lipinski definition) is 4. The lowest BCUT2D eigenvalue weighted by atomic mass is 10.1. The van der Waals surface area contributed by atoms with Gasteiger partial charge in [-0.05, 0) is 48.9 Å². The number of nitrogens with one attached hydrogen (secondary N) is 1. The van der Waals surface area contributed by atoms with Gasteiger partial charge in [-0.15, -0.1) is 0 Å². The third-order valence-electron chi connectivity index (χ3n) is 5.12. The maximum absolute atomic E-state index is 12.9. The Bertz CT molecular complexity index is 1050. The number of carbonyl (C=O) groups is 2. The number of anilines is 3. The van der Waals surface area contributed by atoms with Crippen LogP contribution >= 0.6 is 0 Å². The van der Waals surface area contributed by atoms with Gasteiger partial charge in [0, 0.05) is 24.8 Å². The van der Waals surface area contributed by atoms with Gasteiger partial charge in [0.15, 0.2) is 0 Å². The van der Waals surface area contributed by atoms with Gasteiger partial charge in [0.2, 0.25) is 0 Å². The van der Waals surface area contributed by atoms with Crippen LogP contribution in [0.25, 0.3) is 0 Å². The van der Waals surface area contributed by atoms with Gasteiger partial charge >= 0.3 is 6.03 Å². The van der Waals surface area contributed by atoms with Crippen LogP contribution in [-0.2, 0) is 6.54 Å². The standard InChI is InChI=1S/C23H23N5O2/c1-16-14-27(23(30)28(16)19-5-4-12-25-13-19)15-17-8-10-18(11-9-17)22(29)26-21-7-3-2-6-20(21)24/h2-13,16H,14-15,24H2,1H3,(H,26,29). The van der Waals surface area contributed by atoms with Gasteiger partial charge in [-0.1, -0.05) is 24.3 Å². The first-order valence-corrected chi connectivity index (χ1v) is 9.76. The van der Waals surface area contributed by atoms with Crippen molar-refractivity contribution in [3.63, 3.8) is 0 Å². The van der Waals surface area contributed by atoms with Crippen LogP contribution in [0.15, 0.2) is 73.1 Å². The van der Waals surface area contributed by atoms with E-state index in [9.17, 15) is 9.59 Å². The fourth-order valence-corrected chi connectivity index (χ4v) is 3.60. The van der Waals surface area contributed by atoms with E-state index in [0.717, 1.165) is 11.3 Å². The van der Waals surface area contributed by atoms with E-state index < -0.39 is 0 Å². The number of nitrogen functional groups attached to an aromatic ring is 1. The Morgan fingerprint density at radius 1 is 1.13 bits per heavy atom. The number of hydrogen-bond donors (Lipinski definition) is 2. The fourth-order valence-electron chi connectivity index (χ4n) is 3.60. The molecule has 2 heterocycles. The summed E-state index contributed by atoms with van der Waals surface area (Å²) in [5, 5.41) is 2.81. The summed E-state index contributed by atoms with van der Waals surface area (Å²) in [5.41, 5.74) is 9.26. The summed E-state index contributed by atoms with van der Waals surface area (Å²) in [4.78, 5) is 33.0. The number of benzene rings is 2. The number of amides is 3. The maximum atomic E-state index is 12.9. The van der Waals surface area contributed by atoms with E-state index in [1.54, 1.807) is 46.5 Å². The van der Waals surface area contributed by atoms with E-state index >= 15 is 0 Å². The molecule has 3 N–H and O–H groups in total. The van der Waals surface area contributed by atoms with Gasteiger partial charge < -0.3 is 16.0 Å². The van der Waals surface area contributed by atoms with E-state index in [0.29, 0.717) is 30.0 Å². The van der Waals surface area contributed by atoms with Crippen LogP contribution in [0.1, 0.15) is 22.8 Å². The van der Waals surface area contributed by atoms with Crippen molar-refractivity contribution in [3.05, 3.63) is 84.2 Å². The summed E-state index contributed by atoms with van der Waals surface area (Å²) >= 11 is 0. The SMILES string of the molecule is CC1CN(Cc2ccc(C(=O)Nc3ccccc3N)cc2)C(=O)N1c1cccnc1. The Morgan fingerprint density at radius 2 is 1.90 bits per heavy atom. The third-order valence-corrected chi connectivity index (χ3v) is 5.12. The molecule has 7 nitrogen and oxygen atoms in total. The fraction of sp³-hybridized carbons (Fsp3) is 0.174. The van der Waals surface area contributed by atoms with E-state index in [-0.39, 0.29) is 18.0 Å². The van der Waals surface area contributed by atoms with E-state index in [4.69, 9.17) is 5.73 Å². The van der Waals surface area contributed by atoms with Crippen LogP contribution in [0.5, 0.6) is 0 Å². The number of aromatic nitrogens is 1. The maximum Gasteiger partial charge on any atom is 0.325 e. The Hall–Kier alpha value is -3.87. The first-order valence-electron chi connectivity index (χ1n) is 9.76. The third kappa shape index (κ3) is 3.96. The molecule has 3 amide bonds. The molecule has 3 aromatic rings. The second kappa shape index (κ2) is 8.24. The van der Waals surface area contributed by atoms with Crippen molar-refractivity contribution in [2.45, 2.75) is 19.5 Å². The minimum Gasteiger partial charge on any atom is -0.397 e. The molecule has 1 fully saturated rings. The molecule has 7 heteroatoms. The molecule has 1 atom stereocenters.